The standard InChI is InChI=1S/C20H27FN4O2/c1-14(21)11-23(4)20(19(27)18-12-25(13-18)16(3)26)22-24(5)15(2)17-9-7-6-8-10-17/h6-10,14,18H,2,11-13H2,1,3-5H3/b22-20-/t14-/m0/s1. The van der Waals surface area contributed by atoms with E-state index in [1.165, 1.54) is 23.8 Å². The molecule has 1 fully saturated rings. The maximum absolute atomic E-state index is 13.5. The summed E-state index contributed by atoms with van der Waals surface area (Å²) in [5.74, 6) is -0.392. The zero-order chi connectivity index (χ0) is 20.1. The summed E-state index contributed by atoms with van der Waals surface area (Å²) < 4.78 is 13.5. The first kappa shape index (κ1) is 20.6. The van der Waals surface area contributed by atoms with Gasteiger partial charge in [-0.2, -0.15) is 5.10 Å². The van der Waals surface area contributed by atoms with Crippen molar-refractivity contribution in [3.63, 3.8) is 0 Å². The summed E-state index contributed by atoms with van der Waals surface area (Å²) in [5, 5.41) is 5.97. The van der Waals surface area contributed by atoms with Crippen molar-refractivity contribution in [3.05, 3.63) is 42.5 Å². The molecule has 0 N–H and O–H groups in total. The van der Waals surface area contributed by atoms with Crippen molar-refractivity contribution >= 4 is 23.2 Å². The van der Waals surface area contributed by atoms with E-state index < -0.39 is 6.17 Å². The van der Waals surface area contributed by atoms with E-state index in [9.17, 15) is 14.0 Å². The van der Waals surface area contributed by atoms with Crippen molar-refractivity contribution in [3.8, 4) is 0 Å². The summed E-state index contributed by atoms with van der Waals surface area (Å²) in [7, 11) is 3.35. The predicted molar refractivity (Wildman–Crippen MR) is 105 cm³/mol. The molecule has 7 heteroatoms. The zero-order valence-corrected chi connectivity index (χ0v) is 16.4. The number of alkyl halides is 1. The molecule has 1 amide bonds. The molecular weight excluding hydrogens is 347 g/mol. The minimum absolute atomic E-state index is 0.0549. The molecule has 6 nitrogen and oxygen atoms in total. The lowest BCUT2D eigenvalue weighted by Crippen LogP contribution is -2.55. The van der Waals surface area contributed by atoms with Gasteiger partial charge in [0.05, 0.1) is 18.2 Å². The fraction of sp³-hybridized carbons (Fsp3) is 0.450. The van der Waals surface area contributed by atoms with Crippen LogP contribution in [0.1, 0.15) is 19.4 Å². The lowest BCUT2D eigenvalue weighted by molar-refractivity contribution is -0.138. The molecule has 1 aliphatic rings. The number of amides is 1. The molecule has 2 rings (SSSR count). The second-order valence-corrected chi connectivity index (χ2v) is 6.91. The van der Waals surface area contributed by atoms with E-state index in [-0.39, 0.29) is 30.0 Å². The van der Waals surface area contributed by atoms with Crippen LogP contribution in [0, 0.1) is 5.92 Å². The third-order valence-corrected chi connectivity index (χ3v) is 4.55. The number of likely N-dealkylation sites (N-methyl/N-ethyl adjacent to an activating group) is 1. The second-order valence-electron chi connectivity index (χ2n) is 6.91. The highest BCUT2D eigenvalue weighted by Gasteiger charge is 2.37. The maximum atomic E-state index is 13.5. The van der Waals surface area contributed by atoms with Crippen LogP contribution in [0.15, 0.2) is 42.0 Å². The van der Waals surface area contributed by atoms with Gasteiger partial charge in [0.15, 0.2) is 5.84 Å². The van der Waals surface area contributed by atoms with Crippen LogP contribution >= 0.6 is 0 Å². The van der Waals surface area contributed by atoms with Crippen molar-refractivity contribution in [1.29, 1.82) is 0 Å². The molecule has 0 spiro atoms. The summed E-state index contributed by atoms with van der Waals surface area (Å²) in [6.45, 7) is 7.74. The van der Waals surface area contributed by atoms with Gasteiger partial charge in [-0.05, 0) is 12.5 Å². The van der Waals surface area contributed by atoms with Crippen molar-refractivity contribution in [2.75, 3.05) is 33.7 Å². The van der Waals surface area contributed by atoms with Crippen LogP contribution in [0.4, 0.5) is 4.39 Å². The predicted octanol–water partition coefficient (Wildman–Crippen LogP) is 2.24. The van der Waals surface area contributed by atoms with Gasteiger partial charge in [0, 0.05) is 34.1 Å². The minimum atomic E-state index is -1.11. The Morgan fingerprint density at radius 1 is 1.30 bits per heavy atom. The first-order valence-electron chi connectivity index (χ1n) is 8.92. The molecule has 0 saturated carbocycles. The highest BCUT2D eigenvalue weighted by atomic mass is 19.1. The Kier molecular flexibility index (Phi) is 6.71. The Labute approximate surface area is 159 Å². The molecule has 0 radical (unpaired) electrons. The molecular formula is C20H27FN4O2. The number of Topliss-reactive ketones (excluding diaryl/α,β-unsaturated/α-hetero) is 1. The van der Waals surface area contributed by atoms with Gasteiger partial charge in [-0.3, -0.25) is 14.6 Å². The van der Waals surface area contributed by atoms with Gasteiger partial charge in [0.2, 0.25) is 11.7 Å². The molecule has 1 aromatic carbocycles. The highest BCUT2D eigenvalue weighted by Crippen LogP contribution is 2.20. The van der Waals surface area contributed by atoms with Crippen molar-refractivity contribution in [2.45, 2.75) is 20.0 Å². The van der Waals surface area contributed by atoms with Crippen LogP contribution < -0.4 is 0 Å². The van der Waals surface area contributed by atoms with E-state index in [0.717, 1.165) is 5.56 Å². The van der Waals surface area contributed by atoms with Crippen LogP contribution in [0.5, 0.6) is 0 Å². The molecule has 0 aliphatic carbocycles. The van der Waals surface area contributed by atoms with E-state index in [0.29, 0.717) is 18.8 Å². The Morgan fingerprint density at radius 2 is 1.89 bits per heavy atom. The number of likely N-dealkylation sites (tertiary alicyclic amines) is 1. The molecule has 1 atom stereocenters. The van der Waals surface area contributed by atoms with E-state index in [1.807, 2.05) is 30.3 Å². The lowest BCUT2D eigenvalue weighted by atomic mass is 9.94. The first-order chi connectivity index (χ1) is 12.7. The fourth-order valence-corrected chi connectivity index (χ4v) is 2.88. The summed E-state index contributed by atoms with van der Waals surface area (Å²) in [6.07, 6.45) is -1.11. The van der Waals surface area contributed by atoms with Gasteiger partial charge in [0.25, 0.3) is 0 Å². The number of hydrazone groups is 1. The number of hydrogen-bond donors (Lipinski definition) is 0. The fourth-order valence-electron chi connectivity index (χ4n) is 2.88. The number of benzene rings is 1. The molecule has 1 heterocycles. The van der Waals surface area contributed by atoms with Crippen LogP contribution in [0.25, 0.3) is 5.70 Å². The van der Waals surface area contributed by atoms with Crippen LogP contribution in [0.3, 0.4) is 0 Å². The number of amidine groups is 1. The molecule has 27 heavy (non-hydrogen) atoms. The highest BCUT2D eigenvalue weighted by molar-refractivity contribution is 6.39. The number of carbonyl (C=O) groups excluding carboxylic acids is 2. The quantitative estimate of drug-likeness (QED) is 0.417. The molecule has 0 unspecified atom stereocenters. The third-order valence-electron chi connectivity index (χ3n) is 4.55. The largest absolute Gasteiger partial charge is 0.352 e. The Balaban J connectivity index is 2.21. The number of hydrogen-bond acceptors (Lipinski definition) is 4. The van der Waals surface area contributed by atoms with E-state index in [2.05, 4.69) is 11.7 Å². The maximum Gasteiger partial charge on any atom is 0.219 e. The number of ketones is 1. The summed E-state index contributed by atoms with van der Waals surface area (Å²) in [6, 6.07) is 9.50. The Bertz CT molecular complexity index is 727. The van der Waals surface area contributed by atoms with Gasteiger partial charge in [-0.25, -0.2) is 4.39 Å². The van der Waals surface area contributed by atoms with E-state index >= 15 is 0 Å². The normalized spacial score (nSPS) is 15.7. The molecule has 146 valence electrons. The van der Waals surface area contributed by atoms with Gasteiger partial charge >= 0.3 is 0 Å². The summed E-state index contributed by atoms with van der Waals surface area (Å²) >= 11 is 0. The Morgan fingerprint density at radius 3 is 2.41 bits per heavy atom. The van der Waals surface area contributed by atoms with Crippen LogP contribution in [0.2, 0.25) is 0 Å². The van der Waals surface area contributed by atoms with Crippen molar-refractivity contribution < 1.29 is 14.0 Å². The third kappa shape index (κ3) is 5.15. The second kappa shape index (κ2) is 8.79. The van der Waals surface area contributed by atoms with Gasteiger partial charge in [0.1, 0.15) is 6.17 Å². The smallest absolute Gasteiger partial charge is 0.219 e. The van der Waals surface area contributed by atoms with Gasteiger partial charge < -0.3 is 9.80 Å². The molecule has 1 aromatic rings. The molecule has 1 saturated heterocycles. The summed E-state index contributed by atoms with van der Waals surface area (Å²) in [4.78, 5) is 27.4. The number of carbonyl (C=O) groups is 2. The topological polar surface area (TPSA) is 56.2 Å². The lowest BCUT2D eigenvalue weighted by Gasteiger charge is -2.38. The van der Waals surface area contributed by atoms with Crippen molar-refractivity contribution in [2.24, 2.45) is 11.0 Å². The molecule has 0 aromatic heterocycles. The zero-order valence-electron chi connectivity index (χ0n) is 16.4. The van der Waals surface area contributed by atoms with Gasteiger partial charge in [-0.15, -0.1) is 0 Å². The van der Waals surface area contributed by atoms with E-state index in [1.54, 1.807) is 19.0 Å². The Hall–Kier alpha value is -2.70. The van der Waals surface area contributed by atoms with Crippen molar-refractivity contribution in [1.82, 2.24) is 14.8 Å². The monoisotopic (exact) mass is 374 g/mol. The van der Waals surface area contributed by atoms with Gasteiger partial charge in [-0.1, -0.05) is 36.9 Å². The van der Waals surface area contributed by atoms with Crippen LogP contribution in [-0.4, -0.2) is 72.2 Å². The van der Waals surface area contributed by atoms with E-state index in [4.69, 9.17) is 0 Å². The molecule has 0 bridgehead atoms. The number of halogens is 1. The average molecular weight is 374 g/mol. The number of nitrogens with zero attached hydrogens (tertiary/aromatic N) is 4. The number of rotatable bonds is 7. The average Bonchev–Trinajstić information content (AvgIpc) is 2.56. The SMILES string of the molecule is C=C(c1ccccc1)N(C)/N=C(/C(=O)C1CN(C(C)=O)C1)N(C)C[C@H](C)F. The summed E-state index contributed by atoms with van der Waals surface area (Å²) in [5.41, 5.74) is 1.50. The minimum Gasteiger partial charge on any atom is -0.352 e. The van der Waals surface area contributed by atoms with Crippen LogP contribution in [-0.2, 0) is 9.59 Å². The molecule has 1 aliphatic heterocycles. The first-order valence-corrected chi connectivity index (χ1v) is 8.92.